The Morgan fingerprint density at radius 2 is 2.07 bits per heavy atom. The summed E-state index contributed by atoms with van der Waals surface area (Å²) in [6.45, 7) is 8.02. The Morgan fingerprint density at radius 3 is 2.82 bits per heavy atom. The van der Waals surface area contributed by atoms with Gasteiger partial charge < -0.3 is 20.3 Å². The van der Waals surface area contributed by atoms with Crippen LogP contribution in [-0.2, 0) is 4.74 Å². The number of rotatable bonds is 7. The van der Waals surface area contributed by atoms with Crippen molar-refractivity contribution in [1.82, 2.24) is 15.5 Å². The third-order valence-electron chi connectivity index (χ3n) is 5.22. The summed E-state index contributed by atoms with van der Waals surface area (Å²) in [6, 6.07) is 8.49. The maximum absolute atomic E-state index is 6.12. The summed E-state index contributed by atoms with van der Waals surface area (Å²) in [6.07, 6.45) is 3.46. The first-order valence-electron chi connectivity index (χ1n) is 10.0. The van der Waals surface area contributed by atoms with Crippen LogP contribution in [0.4, 0.5) is 5.69 Å². The lowest BCUT2D eigenvalue weighted by molar-refractivity contribution is 0.0372. The third kappa shape index (κ3) is 7.57. The molecule has 158 valence electrons. The Morgan fingerprint density at radius 1 is 1.25 bits per heavy atom. The molecule has 2 fully saturated rings. The van der Waals surface area contributed by atoms with Gasteiger partial charge in [-0.25, -0.2) is 0 Å². The molecule has 0 aromatic heterocycles. The average Bonchev–Trinajstić information content (AvgIpc) is 3.16. The minimum absolute atomic E-state index is 0. The average molecular weight is 522 g/mol. The lowest BCUT2D eigenvalue weighted by Gasteiger charge is -2.26. The second-order valence-electron chi connectivity index (χ2n) is 7.22. The number of nitrogens with one attached hydrogen (secondary N) is 2. The SMILES string of the molecule is CN=C(NCCCCN1CCOCC1)NC1CCN(c2cccc(Cl)c2)C1.I. The van der Waals surface area contributed by atoms with Crippen molar-refractivity contribution < 1.29 is 4.74 Å². The molecule has 1 aromatic carbocycles. The zero-order chi connectivity index (χ0) is 18.9. The third-order valence-corrected chi connectivity index (χ3v) is 5.46. The van der Waals surface area contributed by atoms with Crippen LogP contribution in [0.1, 0.15) is 19.3 Å². The van der Waals surface area contributed by atoms with Gasteiger partial charge in [0.2, 0.25) is 0 Å². The van der Waals surface area contributed by atoms with Gasteiger partial charge in [0.15, 0.2) is 5.96 Å². The summed E-state index contributed by atoms with van der Waals surface area (Å²) < 4.78 is 5.39. The van der Waals surface area contributed by atoms with Gasteiger partial charge in [-0.15, -0.1) is 24.0 Å². The van der Waals surface area contributed by atoms with E-state index < -0.39 is 0 Å². The van der Waals surface area contributed by atoms with Crippen molar-refractivity contribution in [2.75, 3.05) is 64.4 Å². The summed E-state index contributed by atoms with van der Waals surface area (Å²) in [5.74, 6) is 0.902. The van der Waals surface area contributed by atoms with E-state index in [0.29, 0.717) is 6.04 Å². The smallest absolute Gasteiger partial charge is 0.191 e. The van der Waals surface area contributed by atoms with Gasteiger partial charge in [-0.05, 0) is 44.0 Å². The first-order chi connectivity index (χ1) is 13.2. The van der Waals surface area contributed by atoms with Crippen LogP contribution in [-0.4, -0.2) is 76.4 Å². The molecular formula is C20H33ClIN5O. The first-order valence-corrected chi connectivity index (χ1v) is 10.4. The van der Waals surface area contributed by atoms with Crippen molar-refractivity contribution in [2.45, 2.75) is 25.3 Å². The quantitative estimate of drug-likeness (QED) is 0.250. The predicted molar refractivity (Wildman–Crippen MR) is 128 cm³/mol. The predicted octanol–water partition coefficient (Wildman–Crippen LogP) is 2.81. The van der Waals surface area contributed by atoms with Gasteiger partial charge in [0.25, 0.3) is 0 Å². The van der Waals surface area contributed by atoms with Gasteiger partial charge in [0, 0.05) is 56.5 Å². The minimum Gasteiger partial charge on any atom is -0.379 e. The van der Waals surface area contributed by atoms with Gasteiger partial charge in [-0.2, -0.15) is 0 Å². The molecule has 0 bridgehead atoms. The highest BCUT2D eigenvalue weighted by molar-refractivity contribution is 14.0. The van der Waals surface area contributed by atoms with Gasteiger partial charge >= 0.3 is 0 Å². The number of morpholine rings is 1. The van der Waals surface area contributed by atoms with E-state index in [1.807, 2.05) is 25.2 Å². The Labute approximate surface area is 191 Å². The molecule has 6 nitrogen and oxygen atoms in total. The molecule has 2 heterocycles. The maximum Gasteiger partial charge on any atom is 0.191 e. The van der Waals surface area contributed by atoms with Crippen molar-refractivity contribution in [2.24, 2.45) is 4.99 Å². The summed E-state index contributed by atoms with van der Waals surface area (Å²) >= 11 is 6.12. The van der Waals surface area contributed by atoms with Gasteiger partial charge in [-0.1, -0.05) is 17.7 Å². The summed E-state index contributed by atoms with van der Waals surface area (Å²) in [7, 11) is 1.84. The normalized spacial score (nSPS) is 20.7. The fourth-order valence-electron chi connectivity index (χ4n) is 3.67. The fourth-order valence-corrected chi connectivity index (χ4v) is 3.85. The molecule has 0 spiro atoms. The number of aliphatic imine (C=N–C) groups is 1. The molecule has 0 amide bonds. The molecule has 1 atom stereocenters. The molecule has 0 saturated carbocycles. The number of nitrogens with zero attached hydrogens (tertiary/aromatic N) is 3. The highest BCUT2D eigenvalue weighted by Crippen LogP contribution is 2.23. The highest BCUT2D eigenvalue weighted by Gasteiger charge is 2.23. The van der Waals surface area contributed by atoms with E-state index >= 15 is 0 Å². The first kappa shape index (κ1) is 23.5. The molecular weight excluding hydrogens is 489 g/mol. The van der Waals surface area contributed by atoms with E-state index in [-0.39, 0.29) is 24.0 Å². The van der Waals surface area contributed by atoms with Crippen LogP contribution in [0.2, 0.25) is 5.02 Å². The standard InChI is InChI=1S/C20H32ClN5O.HI/c1-22-20(23-8-2-3-9-25-11-13-27-14-12-25)24-18-7-10-26(16-18)19-6-4-5-17(21)15-19;/h4-6,15,18H,2-3,7-14,16H2,1H3,(H2,22,23,24);1H. The number of halogens is 2. The van der Waals surface area contributed by atoms with Crippen molar-refractivity contribution >= 4 is 47.2 Å². The lowest BCUT2D eigenvalue weighted by Crippen LogP contribution is -2.45. The molecule has 1 aromatic rings. The Hall–Kier alpha value is -0.770. The van der Waals surface area contributed by atoms with Crippen LogP contribution >= 0.6 is 35.6 Å². The van der Waals surface area contributed by atoms with Crippen LogP contribution < -0.4 is 15.5 Å². The second kappa shape index (κ2) is 12.7. The van der Waals surface area contributed by atoms with Gasteiger partial charge in [-0.3, -0.25) is 9.89 Å². The van der Waals surface area contributed by atoms with E-state index in [2.05, 4.69) is 31.5 Å². The Balaban J connectivity index is 0.00000280. The Kier molecular flexibility index (Phi) is 10.7. The second-order valence-corrected chi connectivity index (χ2v) is 7.65. The number of anilines is 1. The number of unbranched alkanes of at least 4 members (excludes halogenated alkanes) is 1. The summed E-state index contributed by atoms with van der Waals surface area (Å²) in [5.41, 5.74) is 1.19. The maximum atomic E-state index is 6.12. The van der Waals surface area contributed by atoms with Crippen LogP contribution in [0.15, 0.2) is 29.3 Å². The van der Waals surface area contributed by atoms with Crippen LogP contribution in [0.5, 0.6) is 0 Å². The van der Waals surface area contributed by atoms with Crippen LogP contribution in [0.25, 0.3) is 0 Å². The molecule has 2 aliphatic rings. The largest absolute Gasteiger partial charge is 0.379 e. The highest BCUT2D eigenvalue weighted by atomic mass is 127. The molecule has 8 heteroatoms. The van der Waals surface area contributed by atoms with Crippen molar-refractivity contribution in [3.8, 4) is 0 Å². The zero-order valence-corrected chi connectivity index (χ0v) is 19.8. The number of ether oxygens (including phenoxy) is 1. The molecule has 28 heavy (non-hydrogen) atoms. The van der Waals surface area contributed by atoms with Crippen molar-refractivity contribution in [3.63, 3.8) is 0 Å². The van der Waals surface area contributed by atoms with E-state index in [1.54, 1.807) is 0 Å². The zero-order valence-electron chi connectivity index (χ0n) is 16.7. The van der Waals surface area contributed by atoms with Crippen molar-refractivity contribution in [1.29, 1.82) is 0 Å². The molecule has 0 aliphatic carbocycles. The number of hydrogen-bond donors (Lipinski definition) is 2. The van der Waals surface area contributed by atoms with E-state index in [1.165, 1.54) is 12.1 Å². The molecule has 1 unspecified atom stereocenters. The summed E-state index contributed by atoms with van der Waals surface area (Å²) in [4.78, 5) is 9.24. The summed E-state index contributed by atoms with van der Waals surface area (Å²) in [5, 5.41) is 7.80. The van der Waals surface area contributed by atoms with E-state index in [4.69, 9.17) is 16.3 Å². The van der Waals surface area contributed by atoms with Crippen LogP contribution in [0, 0.1) is 0 Å². The van der Waals surface area contributed by atoms with Gasteiger partial charge in [0.05, 0.1) is 13.2 Å². The fraction of sp³-hybridized carbons (Fsp3) is 0.650. The van der Waals surface area contributed by atoms with Gasteiger partial charge in [0.1, 0.15) is 0 Å². The minimum atomic E-state index is 0. The number of benzene rings is 1. The number of guanidine groups is 1. The van der Waals surface area contributed by atoms with E-state index in [0.717, 1.165) is 76.3 Å². The monoisotopic (exact) mass is 521 g/mol. The molecule has 3 rings (SSSR count). The van der Waals surface area contributed by atoms with E-state index in [9.17, 15) is 0 Å². The molecule has 2 N–H and O–H groups in total. The molecule has 2 aliphatic heterocycles. The molecule has 0 radical (unpaired) electrons. The number of hydrogen-bond acceptors (Lipinski definition) is 4. The van der Waals surface area contributed by atoms with Crippen LogP contribution in [0.3, 0.4) is 0 Å². The van der Waals surface area contributed by atoms with Crippen molar-refractivity contribution in [3.05, 3.63) is 29.3 Å². The topological polar surface area (TPSA) is 52.1 Å². The Bertz CT molecular complexity index is 612. The lowest BCUT2D eigenvalue weighted by atomic mass is 10.2. The molecule has 2 saturated heterocycles.